The van der Waals surface area contributed by atoms with Crippen molar-refractivity contribution >= 4 is 43.2 Å². The number of fused-ring (bicyclic) bond motifs is 1. The van der Waals surface area contributed by atoms with E-state index in [0.717, 1.165) is 27.9 Å². The summed E-state index contributed by atoms with van der Waals surface area (Å²) in [7, 11) is -1.30. The zero-order valence-corrected chi connectivity index (χ0v) is 24.1. The van der Waals surface area contributed by atoms with E-state index < -0.39 is 14.1 Å². The number of piperidine rings is 1. The molecular formula is C29H36N4O5Si. The van der Waals surface area contributed by atoms with Gasteiger partial charge in [-0.15, -0.1) is 0 Å². The van der Waals surface area contributed by atoms with Crippen LogP contribution in [0.3, 0.4) is 0 Å². The number of anilines is 2. The zero-order valence-electron chi connectivity index (χ0n) is 23.1. The Labute approximate surface area is 230 Å². The van der Waals surface area contributed by atoms with Crippen LogP contribution in [0.2, 0.25) is 25.7 Å². The van der Waals surface area contributed by atoms with Gasteiger partial charge >= 0.3 is 6.03 Å². The second-order valence-corrected chi connectivity index (χ2v) is 17.4. The Kier molecular flexibility index (Phi) is 7.34. The largest absolute Gasteiger partial charge is 0.361 e. The molecule has 10 heteroatoms. The molecule has 3 aliphatic heterocycles. The van der Waals surface area contributed by atoms with Crippen LogP contribution in [0.25, 0.3) is 0 Å². The third kappa shape index (κ3) is 5.35. The van der Waals surface area contributed by atoms with Gasteiger partial charge in [0.05, 0.1) is 6.04 Å². The summed E-state index contributed by atoms with van der Waals surface area (Å²) in [6.07, 6.45) is 0.485. The molecule has 0 spiro atoms. The third-order valence-electron chi connectivity index (χ3n) is 7.67. The highest BCUT2D eigenvalue weighted by atomic mass is 28.3. The number of hydrogen-bond acceptors (Lipinski definition) is 5. The molecule has 0 bridgehead atoms. The number of benzene rings is 2. The van der Waals surface area contributed by atoms with Crippen molar-refractivity contribution in [2.45, 2.75) is 64.1 Å². The summed E-state index contributed by atoms with van der Waals surface area (Å²) in [5.41, 5.74) is 2.88. The van der Waals surface area contributed by atoms with E-state index in [2.05, 4.69) is 19.6 Å². The molecule has 2 fully saturated rings. The molecule has 2 saturated heterocycles. The van der Waals surface area contributed by atoms with E-state index in [1.807, 2.05) is 43.3 Å². The maximum atomic E-state index is 13.3. The first kappa shape index (κ1) is 27.1. The fourth-order valence-electron chi connectivity index (χ4n) is 5.44. The van der Waals surface area contributed by atoms with Crippen LogP contribution < -0.4 is 9.80 Å². The van der Waals surface area contributed by atoms with E-state index in [1.165, 1.54) is 0 Å². The fourth-order valence-corrected chi connectivity index (χ4v) is 6.20. The lowest BCUT2D eigenvalue weighted by Gasteiger charge is -2.35. The molecule has 39 heavy (non-hydrogen) atoms. The van der Waals surface area contributed by atoms with Gasteiger partial charge in [-0.2, -0.15) is 0 Å². The molecule has 2 atom stereocenters. The Balaban J connectivity index is 1.28. The van der Waals surface area contributed by atoms with E-state index in [-0.39, 0.29) is 49.5 Å². The Bertz CT molecular complexity index is 1290. The topological polar surface area (TPSA) is 90.5 Å². The molecule has 0 N–H and O–H groups in total. The number of imide groups is 1. The minimum atomic E-state index is -1.30. The molecule has 1 unspecified atom stereocenters. The number of ether oxygens (including phenoxy) is 1. The first-order chi connectivity index (χ1) is 18.5. The van der Waals surface area contributed by atoms with Crippen LogP contribution in [0.15, 0.2) is 48.5 Å². The smallest absolute Gasteiger partial charge is 0.329 e. The lowest BCUT2D eigenvalue weighted by molar-refractivity contribution is -0.158. The fraction of sp³-hybridized carbons (Fsp3) is 0.448. The number of amides is 5. The van der Waals surface area contributed by atoms with Crippen molar-refractivity contribution in [3.05, 3.63) is 59.7 Å². The number of likely N-dealkylation sites (tertiary alicyclic amines) is 1. The Morgan fingerprint density at radius 3 is 2.44 bits per heavy atom. The highest BCUT2D eigenvalue weighted by Gasteiger charge is 2.43. The van der Waals surface area contributed by atoms with Gasteiger partial charge in [-0.05, 0) is 55.3 Å². The highest BCUT2D eigenvalue weighted by Crippen LogP contribution is 2.34. The molecule has 0 radical (unpaired) electrons. The van der Waals surface area contributed by atoms with Crippen molar-refractivity contribution in [1.82, 2.24) is 9.80 Å². The SMILES string of the molecule is C[C@H]1CN(c2ccc3c(c2)CN(C2CCC(=O)N(COCC[Si](C)(C)C)C2=O)C3=O)C(=O)N1c1ccccc1. The number of carbonyl (C=O) groups excluding carboxylic acids is 4. The van der Waals surface area contributed by atoms with E-state index in [9.17, 15) is 19.2 Å². The van der Waals surface area contributed by atoms with Gasteiger partial charge in [-0.1, -0.05) is 37.8 Å². The Morgan fingerprint density at radius 1 is 0.974 bits per heavy atom. The summed E-state index contributed by atoms with van der Waals surface area (Å²) in [5.74, 6) is -0.876. The molecule has 5 rings (SSSR count). The van der Waals surface area contributed by atoms with E-state index in [1.54, 1.807) is 26.8 Å². The summed E-state index contributed by atoms with van der Waals surface area (Å²) < 4.78 is 5.70. The number of nitrogens with zero attached hydrogens (tertiary/aromatic N) is 4. The van der Waals surface area contributed by atoms with Gasteiger partial charge in [0.25, 0.3) is 11.8 Å². The zero-order chi connectivity index (χ0) is 27.9. The number of hydrogen-bond donors (Lipinski definition) is 0. The van der Waals surface area contributed by atoms with Crippen molar-refractivity contribution in [1.29, 1.82) is 0 Å². The monoisotopic (exact) mass is 548 g/mol. The van der Waals surface area contributed by atoms with Crippen molar-refractivity contribution < 1.29 is 23.9 Å². The molecule has 3 heterocycles. The van der Waals surface area contributed by atoms with Gasteiger partial charge in [0.15, 0.2) is 0 Å². The van der Waals surface area contributed by atoms with Gasteiger partial charge in [0, 0.05) is 51.1 Å². The predicted molar refractivity (Wildman–Crippen MR) is 151 cm³/mol. The molecule has 9 nitrogen and oxygen atoms in total. The lowest BCUT2D eigenvalue weighted by Crippen LogP contribution is -2.55. The minimum absolute atomic E-state index is 0.0115. The average Bonchev–Trinajstić information content (AvgIpc) is 3.38. The summed E-state index contributed by atoms with van der Waals surface area (Å²) in [4.78, 5) is 58.8. The molecular weight excluding hydrogens is 512 g/mol. The Hall–Kier alpha value is -3.50. The maximum Gasteiger partial charge on any atom is 0.329 e. The number of urea groups is 1. The molecule has 2 aromatic rings. The minimum Gasteiger partial charge on any atom is -0.361 e. The normalized spacial score (nSPS) is 21.8. The summed E-state index contributed by atoms with van der Waals surface area (Å²) >= 11 is 0. The van der Waals surface area contributed by atoms with Crippen LogP contribution in [-0.4, -0.2) is 73.6 Å². The van der Waals surface area contributed by atoms with Gasteiger partial charge < -0.3 is 9.64 Å². The van der Waals surface area contributed by atoms with Gasteiger partial charge in [-0.3, -0.25) is 29.1 Å². The average molecular weight is 549 g/mol. The number of para-hydroxylation sites is 1. The van der Waals surface area contributed by atoms with Gasteiger partial charge in [0.1, 0.15) is 12.8 Å². The second-order valence-electron chi connectivity index (χ2n) is 11.8. The molecule has 5 amide bonds. The van der Waals surface area contributed by atoms with E-state index in [0.29, 0.717) is 25.1 Å². The molecule has 0 aromatic heterocycles. The highest BCUT2D eigenvalue weighted by molar-refractivity contribution is 6.76. The van der Waals surface area contributed by atoms with Crippen molar-refractivity contribution in [2.75, 3.05) is 29.7 Å². The molecule has 2 aromatic carbocycles. The number of carbonyl (C=O) groups is 4. The van der Waals surface area contributed by atoms with Gasteiger partial charge in [0.2, 0.25) is 5.91 Å². The van der Waals surface area contributed by atoms with Crippen molar-refractivity contribution in [2.24, 2.45) is 0 Å². The number of rotatable bonds is 8. The first-order valence-corrected chi connectivity index (χ1v) is 17.3. The van der Waals surface area contributed by atoms with Crippen LogP contribution >= 0.6 is 0 Å². The van der Waals surface area contributed by atoms with Crippen LogP contribution in [-0.2, 0) is 20.9 Å². The third-order valence-corrected chi connectivity index (χ3v) is 9.37. The summed E-state index contributed by atoms with van der Waals surface area (Å²) in [6, 6.07) is 15.1. The van der Waals surface area contributed by atoms with Gasteiger partial charge in [-0.25, -0.2) is 4.79 Å². The maximum absolute atomic E-state index is 13.3. The standard InChI is InChI=1S/C29H36N4O5Si/c1-20-17-30(29(37)33(20)22-8-6-5-7-9-22)23-10-11-24-21(16-23)18-31(27(24)35)25-12-13-26(34)32(28(25)36)19-38-14-15-39(2,3)4/h5-11,16,20,25H,12-15,17-19H2,1-4H3/t20-,25?/m0/s1. The van der Waals surface area contributed by atoms with Crippen LogP contribution in [0, 0.1) is 0 Å². The lowest BCUT2D eigenvalue weighted by atomic mass is 10.0. The second kappa shape index (κ2) is 10.6. The van der Waals surface area contributed by atoms with E-state index >= 15 is 0 Å². The summed E-state index contributed by atoms with van der Waals surface area (Å²) in [5, 5.41) is 0. The molecule has 0 saturated carbocycles. The van der Waals surface area contributed by atoms with Crippen LogP contribution in [0.5, 0.6) is 0 Å². The first-order valence-electron chi connectivity index (χ1n) is 13.6. The van der Waals surface area contributed by atoms with E-state index in [4.69, 9.17) is 4.74 Å². The predicted octanol–water partition coefficient (Wildman–Crippen LogP) is 4.31. The van der Waals surface area contributed by atoms with Crippen molar-refractivity contribution in [3.8, 4) is 0 Å². The molecule has 3 aliphatic rings. The molecule has 0 aliphatic carbocycles. The van der Waals surface area contributed by atoms with Crippen LogP contribution in [0.4, 0.5) is 16.2 Å². The van der Waals surface area contributed by atoms with Crippen molar-refractivity contribution in [3.63, 3.8) is 0 Å². The van der Waals surface area contributed by atoms with Crippen LogP contribution in [0.1, 0.15) is 35.7 Å². The summed E-state index contributed by atoms with van der Waals surface area (Å²) in [6.45, 7) is 9.95. The quantitative estimate of drug-likeness (QED) is 0.279. The molecule has 206 valence electrons. The Morgan fingerprint density at radius 2 is 1.72 bits per heavy atom.